The van der Waals surface area contributed by atoms with Crippen LogP contribution >= 0.6 is 16.1 Å². The summed E-state index contributed by atoms with van der Waals surface area (Å²) < 4.78 is 50.0. The van der Waals surface area contributed by atoms with E-state index in [2.05, 4.69) is 102 Å². The topological polar surface area (TPSA) is 46.6 Å². The van der Waals surface area contributed by atoms with Crippen LogP contribution < -0.4 is 35.8 Å². The van der Waals surface area contributed by atoms with Crippen molar-refractivity contribution in [3.05, 3.63) is 103 Å². The normalized spacial score (nSPS) is 13.4. The van der Waals surface area contributed by atoms with Crippen molar-refractivity contribution in [3.63, 3.8) is 0 Å². The fourth-order valence-corrected chi connectivity index (χ4v) is 26.5. The molecule has 2 atom stereocenters. The lowest BCUT2D eigenvalue weighted by Crippen LogP contribution is -2.48. The highest BCUT2D eigenvalue weighted by Gasteiger charge is 2.37. The summed E-state index contributed by atoms with van der Waals surface area (Å²) >= 11 is 0. The van der Waals surface area contributed by atoms with Crippen molar-refractivity contribution >= 4 is 74.0 Å². The zero-order chi connectivity index (χ0) is 43.6. The Morgan fingerprint density at radius 3 is 1.20 bits per heavy atom. The molecule has 4 aromatic carbocycles. The number of para-hydroxylation sites is 1. The van der Waals surface area contributed by atoms with Gasteiger partial charge in [-0.2, -0.15) is 8.42 Å². The van der Waals surface area contributed by atoms with E-state index in [1.54, 1.807) is 23.4 Å². The molecule has 4 rings (SSSR count). The van der Waals surface area contributed by atoms with Crippen LogP contribution in [0.1, 0.15) is 119 Å². The van der Waals surface area contributed by atoms with Crippen molar-refractivity contribution < 1.29 is 17.0 Å². The fourth-order valence-electron chi connectivity index (χ4n) is 9.12. The van der Waals surface area contributed by atoms with Crippen LogP contribution in [0, 0.1) is 5.82 Å². The van der Waals surface area contributed by atoms with E-state index in [0.717, 1.165) is 22.2 Å². The average molecular weight is 908 g/mol. The second-order valence-electron chi connectivity index (χ2n) is 17.1. The number of benzene rings is 4. The van der Waals surface area contributed by atoms with Gasteiger partial charge in [0.2, 0.25) is 0 Å². The Morgan fingerprint density at radius 2 is 0.850 bits per heavy atom. The molecule has 0 aliphatic heterocycles. The molecule has 330 valence electrons. The maximum Gasteiger partial charge on any atom is 0.306 e. The first-order valence-electron chi connectivity index (χ1n) is 23.2. The minimum Gasteiger partial charge on any atom is -0.382 e. The Hall–Kier alpha value is -2.19. The van der Waals surface area contributed by atoms with Crippen LogP contribution in [0.4, 0.5) is 4.39 Å². The molecule has 10 heteroatoms. The SMILES string of the molecule is CCCC[Si](CCCC)(CCCC)c1ccc(P(c2ccccc2F)N(C)P(c2ccc([Si](CCCC)(CCCC)CCCC)cc2)c2ccccc2OS(C)(=O)=O)cc1. The third kappa shape index (κ3) is 13.7. The number of hydrogen-bond acceptors (Lipinski definition) is 4. The van der Waals surface area contributed by atoms with Crippen molar-refractivity contribution in [2.75, 3.05) is 13.3 Å². The lowest BCUT2D eigenvalue weighted by molar-refractivity contribution is 0.495. The third-order valence-corrected chi connectivity index (χ3v) is 29.4. The summed E-state index contributed by atoms with van der Waals surface area (Å²) in [6, 6.07) is 41.6. The molecule has 0 aromatic heterocycles. The number of nitrogens with zero attached hydrogens (tertiary/aromatic N) is 1. The summed E-state index contributed by atoms with van der Waals surface area (Å²) in [6.07, 6.45) is 15.9. The molecule has 60 heavy (non-hydrogen) atoms. The minimum absolute atomic E-state index is 0.221. The Labute approximate surface area is 370 Å². The van der Waals surface area contributed by atoms with Crippen LogP contribution in [0.2, 0.25) is 36.3 Å². The van der Waals surface area contributed by atoms with Gasteiger partial charge in [0.25, 0.3) is 0 Å². The highest BCUT2D eigenvalue weighted by Crippen LogP contribution is 2.54. The van der Waals surface area contributed by atoms with Gasteiger partial charge in [0.1, 0.15) is 5.82 Å². The number of unbranched alkanes of at least 4 members (excludes halogenated alkanes) is 6. The predicted octanol–water partition coefficient (Wildman–Crippen LogP) is 12.6. The number of hydrogen-bond donors (Lipinski definition) is 0. The molecule has 0 bridgehead atoms. The number of halogens is 1. The molecular weight excluding hydrogens is 832 g/mol. The molecule has 4 aromatic rings. The first-order valence-corrected chi connectivity index (χ1v) is 32.9. The Morgan fingerprint density at radius 1 is 0.517 bits per heavy atom. The molecule has 0 aliphatic carbocycles. The van der Waals surface area contributed by atoms with Crippen molar-refractivity contribution in [2.45, 2.75) is 155 Å². The molecule has 0 aliphatic rings. The highest BCUT2D eigenvalue weighted by atomic mass is 32.2. The maximum atomic E-state index is 16.3. The van der Waals surface area contributed by atoms with E-state index in [4.69, 9.17) is 4.18 Å². The van der Waals surface area contributed by atoms with Crippen LogP contribution in [0.3, 0.4) is 0 Å². The lowest BCUT2D eigenvalue weighted by Gasteiger charge is -2.38. The van der Waals surface area contributed by atoms with E-state index in [0.29, 0.717) is 11.1 Å². The van der Waals surface area contributed by atoms with Crippen LogP contribution in [0.5, 0.6) is 5.75 Å². The van der Waals surface area contributed by atoms with E-state index in [-0.39, 0.29) is 5.82 Å². The van der Waals surface area contributed by atoms with Gasteiger partial charge in [-0.3, -0.25) is 0 Å². The molecule has 0 amide bonds. The summed E-state index contributed by atoms with van der Waals surface area (Å²) in [5.74, 6) is 0.110. The number of rotatable bonds is 28. The molecule has 4 nitrogen and oxygen atoms in total. The second kappa shape index (κ2) is 25.2. The Bertz CT molecular complexity index is 1920. The molecule has 0 saturated heterocycles. The van der Waals surface area contributed by atoms with Crippen molar-refractivity contribution in [2.24, 2.45) is 0 Å². The van der Waals surface area contributed by atoms with E-state index >= 15 is 4.39 Å². The molecular formula is C50H76FNO3P2SSi2. The summed E-state index contributed by atoms with van der Waals surface area (Å²) in [5, 5.41) is 6.76. The Kier molecular flexibility index (Phi) is 21.2. The van der Waals surface area contributed by atoms with Gasteiger partial charge < -0.3 is 4.18 Å². The summed E-state index contributed by atoms with van der Waals surface area (Å²) in [7, 11) is -8.02. The van der Waals surface area contributed by atoms with Gasteiger partial charge in [0.05, 0.1) is 22.4 Å². The first-order chi connectivity index (χ1) is 28.9. The standard InChI is InChI=1S/C50H76FNO3P2SSi2/c1-9-15-37-59(38-16-10-2,39-17-11-3)45-33-29-43(30-34-45)56(49-27-23-21-25-47(49)51)52(7)57(50-28-24-22-26-48(50)55-58(8,53)54)44-31-35-46(36-32-44)60(40-18-12-4,41-19-13-5)42-20-14-6/h21-36H,9-20,37-42H2,1-8H3. The molecule has 0 fully saturated rings. The van der Waals surface area contributed by atoms with E-state index < -0.39 is 42.4 Å². The molecule has 2 unspecified atom stereocenters. The predicted molar refractivity (Wildman–Crippen MR) is 270 cm³/mol. The van der Waals surface area contributed by atoms with Crippen LogP contribution in [0.25, 0.3) is 0 Å². The zero-order valence-corrected chi connectivity index (χ0v) is 42.9. The van der Waals surface area contributed by atoms with Crippen molar-refractivity contribution in [1.29, 1.82) is 0 Å². The third-order valence-electron chi connectivity index (χ3n) is 12.5. The van der Waals surface area contributed by atoms with Crippen LogP contribution in [-0.2, 0) is 10.1 Å². The van der Waals surface area contributed by atoms with E-state index in [1.165, 1.54) is 119 Å². The summed E-state index contributed by atoms with van der Waals surface area (Å²) in [6.45, 7) is 13.9. The maximum absolute atomic E-state index is 16.3. The van der Waals surface area contributed by atoms with Gasteiger partial charge >= 0.3 is 10.1 Å². The van der Waals surface area contributed by atoms with Gasteiger partial charge in [0, 0.05) is 26.8 Å². The Balaban J connectivity index is 1.95. The van der Waals surface area contributed by atoms with E-state index in [1.807, 2.05) is 30.3 Å². The van der Waals surface area contributed by atoms with Gasteiger partial charge in [-0.05, 0) is 41.9 Å². The molecule has 0 spiro atoms. The zero-order valence-electron chi connectivity index (χ0n) is 38.3. The molecule has 0 N–H and O–H groups in total. The average Bonchev–Trinajstić information content (AvgIpc) is 3.25. The van der Waals surface area contributed by atoms with Gasteiger partial charge in [0.15, 0.2) is 5.75 Å². The van der Waals surface area contributed by atoms with Gasteiger partial charge in [-0.1, -0.05) is 238 Å². The summed E-state index contributed by atoms with van der Waals surface area (Å²) in [5.41, 5.74) is 0. The largest absolute Gasteiger partial charge is 0.382 e. The highest BCUT2D eigenvalue weighted by molar-refractivity contribution is 7.86. The first kappa shape index (κ1) is 50.5. The van der Waals surface area contributed by atoms with Crippen LogP contribution in [0.15, 0.2) is 97.1 Å². The quantitative estimate of drug-likeness (QED) is 0.0324. The van der Waals surface area contributed by atoms with Gasteiger partial charge in [-0.15, -0.1) is 0 Å². The van der Waals surface area contributed by atoms with Crippen molar-refractivity contribution in [1.82, 2.24) is 4.44 Å². The molecule has 0 heterocycles. The van der Waals surface area contributed by atoms with Crippen LogP contribution in [-0.4, -0.2) is 42.3 Å². The fraction of sp³-hybridized carbons (Fsp3) is 0.520. The second-order valence-corrected chi connectivity index (χ2v) is 32.7. The molecule has 0 saturated carbocycles. The smallest absolute Gasteiger partial charge is 0.306 e. The minimum atomic E-state index is -3.82. The van der Waals surface area contributed by atoms with Gasteiger partial charge in [-0.25, -0.2) is 8.83 Å². The summed E-state index contributed by atoms with van der Waals surface area (Å²) in [4.78, 5) is 0. The lowest BCUT2D eigenvalue weighted by atomic mass is 10.3. The van der Waals surface area contributed by atoms with Crippen molar-refractivity contribution in [3.8, 4) is 5.75 Å². The van der Waals surface area contributed by atoms with E-state index in [9.17, 15) is 8.42 Å². The molecule has 0 radical (unpaired) electrons. The monoisotopic (exact) mass is 907 g/mol.